The van der Waals surface area contributed by atoms with E-state index in [1.165, 1.54) is 4.90 Å². The van der Waals surface area contributed by atoms with Gasteiger partial charge in [-0.05, 0) is 44.5 Å². The van der Waals surface area contributed by atoms with Gasteiger partial charge in [-0.15, -0.1) is 0 Å². The molecule has 1 amide bonds. The van der Waals surface area contributed by atoms with Gasteiger partial charge in [0.25, 0.3) is 5.91 Å². The Morgan fingerprint density at radius 3 is 2.35 bits per heavy atom. The molecule has 4 atom stereocenters. The zero-order valence-electron chi connectivity index (χ0n) is 21.2. The van der Waals surface area contributed by atoms with Gasteiger partial charge in [-0.3, -0.25) is 19.3 Å². The normalized spacial score (nSPS) is 27.2. The van der Waals surface area contributed by atoms with Gasteiger partial charge in [-0.25, -0.2) is 0 Å². The maximum absolute atomic E-state index is 14.0. The minimum absolute atomic E-state index is 0.0261. The van der Waals surface area contributed by atoms with Crippen molar-refractivity contribution in [3.63, 3.8) is 0 Å². The Kier molecular flexibility index (Phi) is 6.57. The monoisotopic (exact) mass is 515 g/mol. The Morgan fingerprint density at radius 2 is 1.81 bits per heavy atom. The second-order valence-electron chi connectivity index (χ2n) is 10.2. The van der Waals surface area contributed by atoms with Crippen LogP contribution in [0.3, 0.4) is 0 Å². The molecule has 12 nitrogen and oxygen atoms in total. The van der Waals surface area contributed by atoms with Crippen molar-refractivity contribution < 1.29 is 34.8 Å². The second kappa shape index (κ2) is 9.14. The van der Waals surface area contributed by atoms with Crippen LogP contribution in [0.2, 0.25) is 0 Å². The van der Waals surface area contributed by atoms with E-state index in [0.29, 0.717) is 16.8 Å². The maximum Gasteiger partial charge on any atom is 0.259 e. The minimum Gasteiger partial charge on any atom is -0.508 e. The number of nitrogens with two attached hydrogens (primary N) is 2. The summed E-state index contributed by atoms with van der Waals surface area (Å²) < 4.78 is 0. The molecule has 1 aromatic carbocycles. The predicted molar refractivity (Wildman–Crippen MR) is 134 cm³/mol. The fraction of sp³-hybridized carbons (Fsp3) is 0.480. The van der Waals surface area contributed by atoms with Gasteiger partial charge < -0.3 is 42.1 Å². The highest BCUT2D eigenvalue weighted by Gasteiger charge is 2.64. The van der Waals surface area contributed by atoms with Crippen molar-refractivity contribution in [2.24, 2.45) is 23.3 Å². The van der Waals surface area contributed by atoms with Crippen LogP contribution in [0.5, 0.6) is 5.75 Å². The summed E-state index contributed by atoms with van der Waals surface area (Å²) in [5.74, 6) is -6.42. The summed E-state index contributed by atoms with van der Waals surface area (Å²) in [5, 5.41) is 47.4. The number of aliphatic hydroxyl groups is 3. The number of hydrogen-bond donors (Lipinski definition) is 7. The van der Waals surface area contributed by atoms with Gasteiger partial charge >= 0.3 is 0 Å². The number of phenolic OH excluding ortho intramolecular Hbond substituents is 1. The Morgan fingerprint density at radius 1 is 1.16 bits per heavy atom. The molecule has 1 fully saturated rings. The first-order chi connectivity index (χ1) is 17.3. The number of aliphatic hydroxyl groups excluding tert-OH is 2. The second-order valence-corrected chi connectivity index (χ2v) is 10.2. The summed E-state index contributed by atoms with van der Waals surface area (Å²) in [5.41, 5.74) is 9.25. The molecular formula is C25H33N5O7. The molecule has 3 aliphatic carbocycles. The fourth-order valence-corrected chi connectivity index (χ4v) is 6.06. The summed E-state index contributed by atoms with van der Waals surface area (Å²) in [6.07, 6.45) is 0.260. The third-order valence-corrected chi connectivity index (χ3v) is 7.72. The van der Waals surface area contributed by atoms with E-state index >= 15 is 0 Å². The number of amides is 1. The summed E-state index contributed by atoms with van der Waals surface area (Å²) in [6, 6.07) is 0.603. The van der Waals surface area contributed by atoms with E-state index in [0.717, 1.165) is 0 Å². The van der Waals surface area contributed by atoms with Crippen molar-refractivity contribution in [1.82, 2.24) is 10.2 Å². The number of nitrogens with zero attached hydrogens (tertiary/aromatic N) is 2. The number of rotatable bonds is 5. The lowest BCUT2D eigenvalue weighted by Crippen LogP contribution is -2.66. The first kappa shape index (κ1) is 26.6. The first-order valence-corrected chi connectivity index (χ1v) is 11.9. The van der Waals surface area contributed by atoms with Crippen molar-refractivity contribution in [2.45, 2.75) is 31.0 Å². The van der Waals surface area contributed by atoms with Gasteiger partial charge in [0, 0.05) is 43.4 Å². The molecule has 1 saturated carbocycles. The Balaban J connectivity index is 1.99. The molecule has 0 unspecified atom stereocenters. The highest BCUT2D eigenvalue weighted by molar-refractivity contribution is 6.25. The molecule has 0 heterocycles. The molecular weight excluding hydrogens is 482 g/mol. The lowest BCUT2D eigenvalue weighted by Gasteiger charge is -2.50. The van der Waals surface area contributed by atoms with Crippen molar-refractivity contribution in [3.05, 3.63) is 39.7 Å². The molecule has 0 radical (unpaired) electrons. The number of hydrogen-bond acceptors (Lipinski definition) is 11. The summed E-state index contributed by atoms with van der Waals surface area (Å²) in [7, 11) is 6.74. The smallest absolute Gasteiger partial charge is 0.259 e. The summed E-state index contributed by atoms with van der Waals surface area (Å²) in [4.78, 5) is 43.3. The van der Waals surface area contributed by atoms with Crippen LogP contribution >= 0.6 is 0 Å². The minimum atomic E-state index is -2.66. The molecule has 200 valence electrons. The van der Waals surface area contributed by atoms with Crippen LogP contribution in [0.25, 0.3) is 5.76 Å². The Hall–Kier alpha value is -3.45. The number of fused-ring (bicyclic) bond motifs is 3. The summed E-state index contributed by atoms with van der Waals surface area (Å²) in [6.45, 7) is -0.366. The number of carbonyl (C=O) groups is 3. The van der Waals surface area contributed by atoms with E-state index in [4.69, 9.17) is 11.5 Å². The number of ketones is 2. The van der Waals surface area contributed by atoms with Crippen LogP contribution in [0.1, 0.15) is 23.1 Å². The molecule has 37 heavy (non-hydrogen) atoms. The number of carbonyl (C=O) groups excluding carboxylic acids is 3. The van der Waals surface area contributed by atoms with Crippen LogP contribution < -0.4 is 21.7 Å². The highest BCUT2D eigenvalue weighted by atomic mass is 16.3. The van der Waals surface area contributed by atoms with Gasteiger partial charge in [0.15, 0.2) is 11.4 Å². The number of likely N-dealkylation sites (N-methyl/N-ethyl adjacent to an activating group) is 1. The number of phenols is 1. The zero-order chi connectivity index (χ0) is 27.6. The predicted octanol–water partition coefficient (Wildman–Crippen LogP) is -0.964. The van der Waals surface area contributed by atoms with Gasteiger partial charge in [0.05, 0.1) is 18.3 Å². The molecule has 3 aliphatic rings. The number of nitrogens with one attached hydrogen (secondary N) is 1. The average molecular weight is 516 g/mol. The standard InChI is InChI=1S/C25H33N5O7/c1-29(2)14-7-11(8-26)19(31)16-12(14)5-10-6-13-18(30(3)4)21(33)17(24(36)28-9-27)23(35)25(13,37)22(34)15(10)20(16)32/h7,10,13,18,31-32,35,37H,5-6,8-9,26-27H2,1-4H3,(H,28,36)/t10-,13-,18-,25-/m0/s1. The van der Waals surface area contributed by atoms with Crippen LogP contribution in [-0.2, 0) is 27.3 Å². The third kappa shape index (κ3) is 3.62. The molecule has 4 rings (SSSR count). The van der Waals surface area contributed by atoms with Gasteiger partial charge in [-0.2, -0.15) is 0 Å². The number of benzene rings is 1. The molecule has 0 aliphatic heterocycles. The molecule has 0 bridgehead atoms. The fourth-order valence-electron chi connectivity index (χ4n) is 6.06. The summed E-state index contributed by atoms with van der Waals surface area (Å²) >= 11 is 0. The van der Waals surface area contributed by atoms with E-state index in [9.17, 15) is 34.8 Å². The van der Waals surface area contributed by atoms with E-state index in [-0.39, 0.29) is 42.9 Å². The average Bonchev–Trinajstić information content (AvgIpc) is 2.81. The number of Topliss-reactive ketones (excluding diaryl/α,β-unsaturated/α-hetero) is 2. The Labute approximate surface area is 213 Å². The van der Waals surface area contributed by atoms with E-state index in [2.05, 4.69) is 5.32 Å². The molecule has 0 aromatic heterocycles. The molecule has 1 aromatic rings. The van der Waals surface area contributed by atoms with Gasteiger partial charge in [-0.1, -0.05) is 0 Å². The van der Waals surface area contributed by atoms with Gasteiger partial charge in [0.2, 0.25) is 5.78 Å². The third-order valence-electron chi connectivity index (χ3n) is 7.72. The lowest BCUT2D eigenvalue weighted by molar-refractivity contribution is -0.153. The molecule has 9 N–H and O–H groups in total. The van der Waals surface area contributed by atoms with Crippen LogP contribution in [0, 0.1) is 11.8 Å². The van der Waals surface area contributed by atoms with Crippen molar-refractivity contribution in [3.8, 4) is 5.75 Å². The zero-order valence-corrected chi connectivity index (χ0v) is 21.2. The highest BCUT2D eigenvalue weighted by Crippen LogP contribution is 2.54. The van der Waals surface area contributed by atoms with Crippen LogP contribution in [0.4, 0.5) is 5.69 Å². The Bertz CT molecular complexity index is 1270. The SMILES string of the molecule is CN(C)c1cc(CN)c(O)c2c1C[C@H]1C[C@H]3[C@H](N(C)C)C(=O)C(C(=O)NCN)=C(O)[C@@]3(O)C(=O)C1=C2O. The van der Waals surface area contributed by atoms with Crippen LogP contribution in [0.15, 0.2) is 23.0 Å². The topological polar surface area (TPSA) is 203 Å². The largest absolute Gasteiger partial charge is 0.508 e. The van der Waals surface area contributed by atoms with Crippen LogP contribution in [-0.4, -0.2) is 89.3 Å². The molecule has 0 spiro atoms. The van der Waals surface area contributed by atoms with E-state index in [1.54, 1.807) is 39.2 Å². The van der Waals surface area contributed by atoms with Crippen molar-refractivity contribution in [1.29, 1.82) is 0 Å². The molecule has 12 heteroatoms. The van der Waals surface area contributed by atoms with Gasteiger partial charge in [0.1, 0.15) is 22.8 Å². The maximum atomic E-state index is 14.0. The van der Waals surface area contributed by atoms with E-state index < -0.39 is 58.0 Å². The first-order valence-electron chi connectivity index (χ1n) is 11.9. The van der Waals surface area contributed by atoms with Crippen molar-refractivity contribution >= 4 is 28.9 Å². The van der Waals surface area contributed by atoms with E-state index in [1.807, 2.05) is 0 Å². The quantitative estimate of drug-likeness (QED) is 0.188. The molecule has 0 saturated heterocycles. The lowest BCUT2D eigenvalue weighted by atomic mass is 9.57. The number of anilines is 1. The van der Waals surface area contributed by atoms with Crippen molar-refractivity contribution in [2.75, 3.05) is 39.8 Å². The number of aromatic hydroxyl groups is 1.